The summed E-state index contributed by atoms with van der Waals surface area (Å²) >= 11 is 0. The number of benzene rings is 4. The molecular weight excluding hydrogens is 688 g/mol. The highest BCUT2D eigenvalue weighted by molar-refractivity contribution is 5.87. The summed E-state index contributed by atoms with van der Waals surface area (Å²) in [6.07, 6.45) is 3.88. The molecule has 53 heavy (non-hydrogen) atoms. The average Bonchev–Trinajstić information content (AvgIpc) is 3.54. The first-order valence-corrected chi connectivity index (χ1v) is 16.4. The van der Waals surface area contributed by atoms with Crippen molar-refractivity contribution in [3.8, 4) is 46.0 Å². The Kier molecular flexibility index (Phi) is 12.3. The molecule has 1 aliphatic rings. The molecule has 13 heteroatoms. The number of esters is 2. The largest absolute Gasteiger partial charge is 0.508 e. The second-order valence-electron chi connectivity index (χ2n) is 12.0. The van der Waals surface area contributed by atoms with E-state index in [-0.39, 0.29) is 59.2 Å². The molecule has 4 N–H and O–H groups in total. The first-order valence-electron chi connectivity index (χ1n) is 16.4. The monoisotopic (exact) mass is 728 g/mol. The second kappa shape index (κ2) is 17.2. The van der Waals surface area contributed by atoms with Crippen LogP contribution in [0.15, 0.2) is 84.9 Å². The summed E-state index contributed by atoms with van der Waals surface area (Å²) in [6.45, 7) is -0.410. The van der Waals surface area contributed by atoms with E-state index in [0.717, 1.165) is 0 Å². The van der Waals surface area contributed by atoms with Crippen molar-refractivity contribution in [2.24, 2.45) is 11.8 Å². The highest BCUT2D eigenvalue weighted by Crippen LogP contribution is 2.53. The lowest BCUT2D eigenvalue weighted by molar-refractivity contribution is -0.143. The van der Waals surface area contributed by atoms with Gasteiger partial charge in [-0.05, 0) is 82.9 Å². The zero-order chi connectivity index (χ0) is 38.1. The molecule has 13 nitrogen and oxygen atoms in total. The molecule has 0 radical (unpaired) electrons. The minimum absolute atomic E-state index is 0.0838. The van der Waals surface area contributed by atoms with E-state index < -0.39 is 36.0 Å². The second-order valence-corrected chi connectivity index (χ2v) is 12.0. The van der Waals surface area contributed by atoms with Gasteiger partial charge in [-0.25, -0.2) is 9.59 Å². The van der Waals surface area contributed by atoms with Gasteiger partial charge >= 0.3 is 11.9 Å². The van der Waals surface area contributed by atoms with Gasteiger partial charge in [-0.1, -0.05) is 24.3 Å². The van der Waals surface area contributed by atoms with Crippen molar-refractivity contribution >= 4 is 24.1 Å². The van der Waals surface area contributed by atoms with Crippen molar-refractivity contribution in [2.75, 3.05) is 41.7 Å². The Bertz CT molecular complexity index is 1760. The zero-order valence-electron chi connectivity index (χ0n) is 29.4. The molecule has 4 aromatic carbocycles. The molecule has 0 spiro atoms. The Hall–Kier alpha value is -6.34. The van der Waals surface area contributed by atoms with Crippen LogP contribution in [0.2, 0.25) is 0 Å². The molecule has 4 atom stereocenters. The van der Waals surface area contributed by atoms with E-state index in [0.29, 0.717) is 22.3 Å². The fourth-order valence-corrected chi connectivity index (χ4v) is 5.99. The van der Waals surface area contributed by atoms with Crippen LogP contribution in [0.1, 0.15) is 34.5 Å². The van der Waals surface area contributed by atoms with Gasteiger partial charge in [0.25, 0.3) is 0 Å². The van der Waals surface area contributed by atoms with E-state index in [1.807, 2.05) is 0 Å². The lowest BCUT2D eigenvalue weighted by Crippen LogP contribution is -2.27. The molecule has 4 aromatic rings. The fraction of sp³-hybridized carbons (Fsp3) is 0.250. The normalized spacial score (nSPS) is 18.2. The zero-order valence-corrected chi connectivity index (χ0v) is 29.4. The van der Waals surface area contributed by atoms with Crippen molar-refractivity contribution in [3.05, 3.63) is 107 Å². The molecule has 0 saturated carbocycles. The van der Waals surface area contributed by atoms with E-state index in [9.17, 15) is 30.0 Å². The summed E-state index contributed by atoms with van der Waals surface area (Å²) < 4.78 is 39.9. The summed E-state index contributed by atoms with van der Waals surface area (Å²) in [5.74, 6) is -2.55. The van der Waals surface area contributed by atoms with Crippen LogP contribution in [-0.2, 0) is 23.8 Å². The predicted octanol–water partition coefficient (Wildman–Crippen LogP) is 6.10. The molecule has 1 aliphatic heterocycles. The van der Waals surface area contributed by atoms with Crippen LogP contribution in [0.25, 0.3) is 12.2 Å². The first-order chi connectivity index (χ1) is 25.5. The number of hydrogen-bond acceptors (Lipinski definition) is 13. The molecular formula is C40H40O13. The number of methoxy groups -OCH3 is 4. The summed E-state index contributed by atoms with van der Waals surface area (Å²) in [7, 11) is 5.55. The minimum Gasteiger partial charge on any atom is -0.508 e. The predicted molar refractivity (Wildman–Crippen MR) is 192 cm³/mol. The number of carbonyl (C=O) groups excluding carboxylic acids is 2. The van der Waals surface area contributed by atoms with Gasteiger partial charge in [0, 0.05) is 24.0 Å². The van der Waals surface area contributed by atoms with E-state index >= 15 is 0 Å². The van der Waals surface area contributed by atoms with Crippen molar-refractivity contribution in [3.63, 3.8) is 0 Å². The molecule has 1 fully saturated rings. The first kappa shape index (κ1) is 37.9. The highest BCUT2D eigenvalue weighted by Gasteiger charge is 2.48. The van der Waals surface area contributed by atoms with Crippen molar-refractivity contribution in [1.29, 1.82) is 0 Å². The van der Waals surface area contributed by atoms with Crippen molar-refractivity contribution in [1.82, 2.24) is 0 Å². The van der Waals surface area contributed by atoms with Gasteiger partial charge in [0.15, 0.2) is 23.0 Å². The van der Waals surface area contributed by atoms with E-state index in [4.69, 9.17) is 33.2 Å². The molecule has 1 heterocycles. The average molecular weight is 729 g/mol. The van der Waals surface area contributed by atoms with Crippen molar-refractivity contribution in [2.45, 2.75) is 12.2 Å². The molecule has 0 bridgehead atoms. The van der Waals surface area contributed by atoms with Gasteiger partial charge in [0.1, 0.15) is 11.5 Å². The number of hydrogen-bond donors (Lipinski definition) is 4. The van der Waals surface area contributed by atoms with E-state index in [2.05, 4.69) is 0 Å². The maximum absolute atomic E-state index is 13.1. The van der Waals surface area contributed by atoms with Crippen LogP contribution in [0.3, 0.4) is 0 Å². The number of rotatable bonds is 14. The van der Waals surface area contributed by atoms with Crippen molar-refractivity contribution < 1.29 is 63.2 Å². The fourth-order valence-electron chi connectivity index (χ4n) is 5.99. The topological polar surface area (TPSA) is 180 Å². The quantitative estimate of drug-likeness (QED) is 0.0865. The summed E-state index contributed by atoms with van der Waals surface area (Å²) in [5.41, 5.74) is 2.32. The van der Waals surface area contributed by atoms with Gasteiger partial charge in [-0.3, -0.25) is 0 Å². The number of carbonyl (C=O) groups is 2. The van der Waals surface area contributed by atoms with Gasteiger partial charge in [-0.15, -0.1) is 0 Å². The number of phenols is 4. The molecule has 0 aliphatic carbocycles. The number of phenolic OH excluding ortho intramolecular Hbond substituents is 4. The Morgan fingerprint density at radius 1 is 0.566 bits per heavy atom. The summed E-state index contributed by atoms with van der Waals surface area (Å²) in [6, 6.07) is 18.8. The summed E-state index contributed by atoms with van der Waals surface area (Å²) in [4.78, 5) is 26.1. The van der Waals surface area contributed by atoms with Gasteiger partial charge < -0.3 is 53.6 Å². The maximum Gasteiger partial charge on any atom is 0.330 e. The van der Waals surface area contributed by atoms with Crippen LogP contribution in [-0.4, -0.2) is 74.0 Å². The lowest BCUT2D eigenvalue weighted by atomic mass is 9.83. The smallest absolute Gasteiger partial charge is 0.330 e. The standard InChI is InChI=1S/C40H40O13/c1-47-31-17-25(18-32(48-2)37(31)45)39-29(21-51-35(43)15-9-23-5-11-27(41)12-6-23)30(22-52-36(44)16-10-24-7-13-28(42)14-8-24)40(53-39)26-19-33(49-3)38(46)34(20-26)50-4/h5-20,29-30,39-42,45-46H,21-22H2,1-4H3. The SMILES string of the molecule is COc1cc(C2OC(c3cc(OC)c(O)c(OC)c3)C(COC(=O)C=Cc3ccc(O)cc3)C2COC(=O)C=Cc2ccc(O)cc2)cc(OC)c1O. The molecule has 278 valence electrons. The van der Waals surface area contributed by atoms with Crippen LogP contribution < -0.4 is 18.9 Å². The Morgan fingerprint density at radius 2 is 0.887 bits per heavy atom. The van der Waals surface area contributed by atoms with Crippen LogP contribution in [0.4, 0.5) is 0 Å². The lowest BCUT2D eigenvalue weighted by Gasteiger charge is -2.24. The van der Waals surface area contributed by atoms with Crippen LogP contribution in [0.5, 0.6) is 46.0 Å². The Balaban J connectivity index is 1.53. The number of aromatic hydroxyl groups is 4. The molecule has 4 unspecified atom stereocenters. The van der Waals surface area contributed by atoms with E-state index in [1.165, 1.54) is 77.0 Å². The third-order valence-corrected chi connectivity index (χ3v) is 8.73. The van der Waals surface area contributed by atoms with Gasteiger partial charge in [-0.2, -0.15) is 0 Å². The third-order valence-electron chi connectivity index (χ3n) is 8.73. The Morgan fingerprint density at radius 3 is 1.19 bits per heavy atom. The van der Waals surface area contributed by atoms with E-state index in [1.54, 1.807) is 48.5 Å². The molecule has 5 rings (SSSR count). The third kappa shape index (κ3) is 9.13. The van der Waals surface area contributed by atoms with Gasteiger partial charge in [0.2, 0.25) is 11.5 Å². The minimum atomic E-state index is -0.848. The molecule has 1 saturated heterocycles. The van der Waals surface area contributed by atoms with Crippen LogP contribution in [0, 0.1) is 11.8 Å². The highest BCUT2D eigenvalue weighted by atomic mass is 16.6. The van der Waals surface area contributed by atoms with Crippen LogP contribution >= 0.6 is 0 Å². The molecule has 0 aromatic heterocycles. The van der Waals surface area contributed by atoms with Gasteiger partial charge in [0.05, 0.1) is 53.9 Å². The number of ether oxygens (including phenoxy) is 7. The molecule has 0 amide bonds. The Labute approximate surface area is 305 Å². The summed E-state index contributed by atoms with van der Waals surface area (Å²) in [5, 5.41) is 40.5. The maximum atomic E-state index is 13.1.